The number of rotatable bonds is 1. The van der Waals surface area contributed by atoms with E-state index in [0.717, 1.165) is 16.3 Å². The Morgan fingerprint density at radius 1 is 1.18 bits per heavy atom. The van der Waals surface area contributed by atoms with Crippen molar-refractivity contribution in [2.75, 3.05) is 0 Å². The molecule has 0 fully saturated rings. The fourth-order valence-corrected chi connectivity index (χ4v) is 2.55. The molecule has 1 aliphatic carbocycles. The first-order chi connectivity index (χ1) is 8.20. The first-order valence-electron chi connectivity index (χ1n) is 5.37. The van der Waals surface area contributed by atoms with E-state index in [1.54, 1.807) is 6.08 Å². The average molecular weight is 236 g/mol. The van der Waals surface area contributed by atoms with Gasteiger partial charge >= 0.3 is 16.6 Å². The predicted octanol–water partition coefficient (Wildman–Crippen LogP) is 2.82. The lowest BCUT2D eigenvalue weighted by atomic mass is 9.90. The lowest BCUT2D eigenvalue weighted by molar-refractivity contribution is 0.104. The molecule has 0 spiro atoms. The van der Waals surface area contributed by atoms with Gasteiger partial charge in [-0.05, 0) is 35.6 Å². The van der Waals surface area contributed by atoms with Crippen LogP contribution >= 0.6 is 0 Å². The van der Waals surface area contributed by atoms with Gasteiger partial charge in [-0.1, -0.05) is 24.3 Å². The maximum absolute atomic E-state index is 12.0. The second-order valence-corrected chi connectivity index (χ2v) is 4.44. The second kappa shape index (κ2) is 3.73. The van der Waals surface area contributed by atoms with Crippen LogP contribution in [0, 0.1) is 6.92 Å². The molecule has 2 radical (unpaired) electrons. The number of hydrogen-bond donors (Lipinski definition) is 0. The third-order valence-electron chi connectivity index (χ3n) is 3.04. The standard InChI is InChI=1S/C14H10O2.Al/c1-8-6-9-2-4-11(15)14-12(16)5-3-10(7-8)13(9)14;/h2-7,15H,1H3;/q;+1/p-1. The number of carbonyl (C=O) groups excluding carboxylic acids is 1. The van der Waals surface area contributed by atoms with Gasteiger partial charge in [0, 0.05) is 5.39 Å². The van der Waals surface area contributed by atoms with Crippen LogP contribution in [0.4, 0.5) is 0 Å². The van der Waals surface area contributed by atoms with Gasteiger partial charge in [0.2, 0.25) is 0 Å². The van der Waals surface area contributed by atoms with E-state index in [1.807, 2.05) is 18.2 Å². The van der Waals surface area contributed by atoms with Crippen LogP contribution in [-0.2, 0) is 0 Å². The van der Waals surface area contributed by atoms with Crippen molar-refractivity contribution in [1.82, 2.24) is 0 Å². The summed E-state index contributed by atoms with van der Waals surface area (Å²) in [7, 11) is 0. The molecule has 2 nitrogen and oxygen atoms in total. The topological polar surface area (TPSA) is 26.3 Å². The molecule has 0 aromatic heterocycles. The monoisotopic (exact) mass is 236 g/mol. The van der Waals surface area contributed by atoms with Crippen molar-refractivity contribution >= 4 is 39.3 Å². The van der Waals surface area contributed by atoms with Crippen LogP contribution in [0.3, 0.4) is 0 Å². The van der Waals surface area contributed by atoms with Crippen LogP contribution in [0.15, 0.2) is 30.3 Å². The molecular formula is C14H9AlO2. The summed E-state index contributed by atoms with van der Waals surface area (Å²) in [6.45, 7) is 2.06. The van der Waals surface area contributed by atoms with E-state index in [4.69, 9.17) is 3.79 Å². The van der Waals surface area contributed by atoms with Gasteiger partial charge in [-0.15, -0.1) is 0 Å². The largest absolute Gasteiger partial charge is 0.653 e. The Morgan fingerprint density at radius 2 is 2.00 bits per heavy atom. The molecule has 1 aliphatic rings. The predicted molar refractivity (Wildman–Crippen MR) is 68.4 cm³/mol. The van der Waals surface area contributed by atoms with Crippen LogP contribution in [0.1, 0.15) is 21.5 Å². The molecule has 3 rings (SSSR count). The van der Waals surface area contributed by atoms with E-state index in [-0.39, 0.29) is 5.78 Å². The van der Waals surface area contributed by atoms with Gasteiger partial charge in [0.25, 0.3) is 0 Å². The Morgan fingerprint density at radius 3 is 2.76 bits per heavy atom. The molecule has 0 aliphatic heterocycles. The molecule has 0 saturated heterocycles. The fourth-order valence-electron chi connectivity index (χ4n) is 2.36. The fraction of sp³-hybridized carbons (Fsp3) is 0.0714. The Kier molecular flexibility index (Phi) is 2.32. The van der Waals surface area contributed by atoms with Crippen molar-refractivity contribution in [3.05, 3.63) is 47.0 Å². The van der Waals surface area contributed by atoms with Gasteiger partial charge in [-0.25, -0.2) is 0 Å². The van der Waals surface area contributed by atoms with E-state index in [2.05, 4.69) is 35.7 Å². The number of benzene rings is 2. The maximum Gasteiger partial charge on any atom is 0.482 e. The van der Waals surface area contributed by atoms with E-state index in [9.17, 15) is 4.79 Å². The lowest BCUT2D eigenvalue weighted by Crippen LogP contribution is -2.05. The van der Waals surface area contributed by atoms with Gasteiger partial charge in [-0.3, -0.25) is 4.79 Å². The zero-order valence-electron chi connectivity index (χ0n) is 9.36. The second-order valence-electron chi connectivity index (χ2n) is 4.21. The van der Waals surface area contributed by atoms with Crippen molar-refractivity contribution in [3.63, 3.8) is 0 Å². The summed E-state index contributed by atoms with van der Waals surface area (Å²) in [6.07, 6.45) is 3.47. The summed E-state index contributed by atoms with van der Waals surface area (Å²) >= 11 is 2.20. The summed E-state index contributed by atoms with van der Waals surface area (Å²) in [4.78, 5) is 12.0. The van der Waals surface area contributed by atoms with Crippen molar-refractivity contribution in [2.45, 2.75) is 6.92 Å². The first-order valence-corrected chi connectivity index (χ1v) is 5.84. The molecule has 3 heteroatoms. The molecule has 0 atom stereocenters. The van der Waals surface area contributed by atoms with Crippen LogP contribution < -0.4 is 3.79 Å². The zero-order chi connectivity index (χ0) is 12.0. The number of aryl methyl sites for hydroxylation is 1. The van der Waals surface area contributed by atoms with Crippen LogP contribution in [0.25, 0.3) is 16.8 Å². The summed E-state index contributed by atoms with van der Waals surface area (Å²) in [5.74, 6) is 0.617. The Labute approximate surface area is 108 Å². The summed E-state index contributed by atoms with van der Waals surface area (Å²) in [5.41, 5.74) is 2.94. The van der Waals surface area contributed by atoms with Crippen LogP contribution in [-0.4, -0.2) is 22.4 Å². The van der Waals surface area contributed by atoms with Gasteiger partial charge in [0.1, 0.15) is 0 Å². The maximum atomic E-state index is 12.0. The molecule has 0 heterocycles. The van der Waals surface area contributed by atoms with Crippen molar-refractivity contribution in [2.24, 2.45) is 0 Å². The average Bonchev–Trinajstić information content (AvgIpc) is 2.33. The Bertz CT molecular complexity index is 671. The van der Waals surface area contributed by atoms with Gasteiger partial charge in [0.05, 0.1) is 11.3 Å². The SMILES string of the molecule is Cc1cc2c3c(c([O][Al])ccc3c1)C(=O)C=C2. The van der Waals surface area contributed by atoms with Gasteiger partial charge in [0.15, 0.2) is 5.78 Å². The minimum Gasteiger partial charge on any atom is -0.653 e. The highest BCUT2D eigenvalue weighted by Gasteiger charge is 2.19. The molecule has 0 amide bonds. The summed E-state index contributed by atoms with van der Waals surface area (Å²) < 4.78 is 5.20. The first kappa shape index (κ1) is 10.6. The minimum atomic E-state index is 0.00408. The molecule has 0 unspecified atom stereocenters. The molecule has 80 valence electrons. The van der Waals surface area contributed by atoms with Crippen LogP contribution in [0.2, 0.25) is 0 Å². The number of ketones is 1. The molecule has 0 saturated carbocycles. The van der Waals surface area contributed by atoms with E-state index in [0.29, 0.717) is 11.3 Å². The molecule has 2 aromatic rings. The lowest BCUT2D eigenvalue weighted by Gasteiger charge is -2.17. The third-order valence-corrected chi connectivity index (χ3v) is 3.30. The molecule has 2 aromatic carbocycles. The van der Waals surface area contributed by atoms with Crippen molar-refractivity contribution in [3.8, 4) is 5.75 Å². The Hall–Kier alpha value is -1.56. The van der Waals surface area contributed by atoms with Crippen molar-refractivity contribution in [1.29, 1.82) is 0 Å². The van der Waals surface area contributed by atoms with E-state index in [1.165, 1.54) is 5.56 Å². The van der Waals surface area contributed by atoms with E-state index < -0.39 is 0 Å². The minimum absolute atomic E-state index is 0.00408. The molecule has 0 bridgehead atoms. The van der Waals surface area contributed by atoms with Gasteiger partial charge in [-0.2, -0.15) is 0 Å². The quantitative estimate of drug-likeness (QED) is 0.712. The summed E-state index contributed by atoms with van der Waals surface area (Å²) in [6, 6.07) is 7.99. The van der Waals surface area contributed by atoms with Gasteiger partial charge < -0.3 is 3.79 Å². The van der Waals surface area contributed by atoms with Crippen molar-refractivity contribution < 1.29 is 8.58 Å². The smallest absolute Gasteiger partial charge is 0.482 e. The molecular weight excluding hydrogens is 227 g/mol. The number of carbonyl (C=O) groups is 1. The third kappa shape index (κ3) is 1.51. The zero-order valence-corrected chi connectivity index (χ0v) is 10.5. The highest BCUT2D eigenvalue weighted by molar-refractivity contribution is 6.22. The number of hydrogen-bond acceptors (Lipinski definition) is 2. The normalized spacial score (nSPS) is 13.1. The molecule has 0 N–H and O–H groups in total. The molecule has 17 heavy (non-hydrogen) atoms. The van der Waals surface area contributed by atoms with E-state index >= 15 is 0 Å². The number of allylic oxidation sites excluding steroid dienone is 1. The summed E-state index contributed by atoms with van der Waals surface area (Å²) in [5, 5.41) is 2.07. The highest BCUT2D eigenvalue weighted by atomic mass is 27.1. The van der Waals surface area contributed by atoms with Crippen LogP contribution in [0.5, 0.6) is 5.75 Å². The Balaban J connectivity index is 2.52. The highest BCUT2D eigenvalue weighted by Crippen LogP contribution is 2.35.